The summed E-state index contributed by atoms with van der Waals surface area (Å²) in [6.45, 7) is 1.62. The van der Waals surface area contributed by atoms with Crippen LogP contribution in [0.1, 0.15) is 12.8 Å². The third-order valence-corrected chi connectivity index (χ3v) is 2.58. The SMILES string of the molecule is O=[N+]([O-])c1cc(F)ccc1N1CCCC1. The topological polar surface area (TPSA) is 46.4 Å². The molecule has 1 heterocycles. The highest BCUT2D eigenvalue weighted by atomic mass is 19.1. The summed E-state index contributed by atoms with van der Waals surface area (Å²) >= 11 is 0. The second-order valence-corrected chi connectivity index (χ2v) is 3.58. The van der Waals surface area contributed by atoms with Crippen LogP contribution in [0.2, 0.25) is 0 Å². The van der Waals surface area contributed by atoms with Crippen LogP contribution in [0.25, 0.3) is 0 Å². The molecule has 0 aliphatic carbocycles. The van der Waals surface area contributed by atoms with Crippen molar-refractivity contribution in [2.24, 2.45) is 0 Å². The summed E-state index contributed by atoms with van der Waals surface area (Å²) in [6, 6.07) is 3.73. The second-order valence-electron chi connectivity index (χ2n) is 3.58. The molecule has 0 amide bonds. The van der Waals surface area contributed by atoms with Gasteiger partial charge in [0.1, 0.15) is 11.5 Å². The molecule has 5 heteroatoms. The number of nitro groups is 1. The van der Waals surface area contributed by atoms with Crippen LogP contribution in [0.3, 0.4) is 0 Å². The van der Waals surface area contributed by atoms with Crippen molar-refractivity contribution in [1.82, 2.24) is 0 Å². The Hall–Kier alpha value is -1.65. The molecular weight excluding hydrogens is 199 g/mol. The van der Waals surface area contributed by atoms with E-state index in [-0.39, 0.29) is 5.69 Å². The second kappa shape index (κ2) is 3.84. The van der Waals surface area contributed by atoms with Gasteiger partial charge in [0.25, 0.3) is 5.69 Å². The average Bonchev–Trinajstić information content (AvgIpc) is 2.70. The van der Waals surface area contributed by atoms with Crippen molar-refractivity contribution in [3.63, 3.8) is 0 Å². The first-order valence-electron chi connectivity index (χ1n) is 4.87. The van der Waals surface area contributed by atoms with Gasteiger partial charge in [-0.2, -0.15) is 0 Å². The van der Waals surface area contributed by atoms with Crippen molar-refractivity contribution < 1.29 is 9.31 Å². The molecule has 1 aliphatic heterocycles. The molecule has 1 aliphatic rings. The molecule has 0 bridgehead atoms. The molecule has 0 spiro atoms. The first-order valence-corrected chi connectivity index (χ1v) is 4.87. The van der Waals surface area contributed by atoms with Gasteiger partial charge in [-0.1, -0.05) is 0 Å². The predicted octanol–water partition coefficient (Wildman–Crippen LogP) is 2.33. The van der Waals surface area contributed by atoms with Crippen LogP contribution in [-0.4, -0.2) is 18.0 Å². The molecule has 1 fully saturated rings. The fourth-order valence-electron chi connectivity index (χ4n) is 1.87. The summed E-state index contributed by atoms with van der Waals surface area (Å²) in [6.07, 6.45) is 2.07. The third kappa shape index (κ3) is 1.91. The van der Waals surface area contributed by atoms with Gasteiger partial charge in [0.15, 0.2) is 0 Å². The molecule has 2 rings (SSSR count). The summed E-state index contributed by atoms with van der Waals surface area (Å²) in [5.74, 6) is -0.565. The lowest BCUT2D eigenvalue weighted by atomic mass is 10.2. The fraction of sp³-hybridized carbons (Fsp3) is 0.400. The van der Waals surface area contributed by atoms with E-state index in [1.165, 1.54) is 12.1 Å². The lowest BCUT2D eigenvalue weighted by Gasteiger charge is -2.16. The Labute approximate surface area is 86.5 Å². The summed E-state index contributed by atoms with van der Waals surface area (Å²) in [7, 11) is 0. The molecule has 0 saturated carbocycles. The van der Waals surface area contributed by atoms with E-state index in [4.69, 9.17) is 0 Å². The van der Waals surface area contributed by atoms with Crippen LogP contribution in [0, 0.1) is 15.9 Å². The van der Waals surface area contributed by atoms with Crippen molar-refractivity contribution in [3.05, 3.63) is 34.1 Å². The Morgan fingerprint density at radius 1 is 1.33 bits per heavy atom. The van der Waals surface area contributed by atoms with Gasteiger partial charge < -0.3 is 4.90 Å². The van der Waals surface area contributed by atoms with Crippen molar-refractivity contribution >= 4 is 11.4 Å². The molecule has 1 saturated heterocycles. The molecular formula is C10H11FN2O2. The lowest BCUT2D eigenvalue weighted by Crippen LogP contribution is -2.18. The predicted molar refractivity (Wildman–Crippen MR) is 54.5 cm³/mol. The molecule has 15 heavy (non-hydrogen) atoms. The summed E-state index contributed by atoms with van der Waals surface area (Å²) in [5, 5.41) is 10.7. The highest BCUT2D eigenvalue weighted by Gasteiger charge is 2.22. The zero-order valence-corrected chi connectivity index (χ0v) is 8.15. The molecule has 4 nitrogen and oxygen atoms in total. The quantitative estimate of drug-likeness (QED) is 0.556. The van der Waals surface area contributed by atoms with E-state index >= 15 is 0 Å². The Morgan fingerprint density at radius 3 is 2.60 bits per heavy atom. The maximum absolute atomic E-state index is 12.9. The average molecular weight is 210 g/mol. The minimum atomic E-state index is -0.565. The zero-order valence-electron chi connectivity index (χ0n) is 8.15. The normalized spacial score (nSPS) is 15.7. The molecule has 0 radical (unpaired) electrons. The van der Waals surface area contributed by atoms with Gasteiger partial charge in [0, 0.05) is 13.1 Å². The minimum Gasteiger partial charge on any atom is -0.366 e. The third-order valence-electron chi connectivity index (χ3n) is 2.58. The van der Waals surface area contributed by atoms with Crippen molar-refractivity contribution in [2.75, 3.05) is 18.0 Å². The Balaban J connectivity index is 2.40. The highest BCUT2D eigenvalue weighted by molar-refractivity contribution is 5.63. The van der Waals surface area contributed by atoms with Gasteiger partial charge >= 0.3 is 0 Å². The highest BCUT2D eigenvalue weighted by Crippen LogP contribution is 2.30. The van der Waals surface area contributed by atoms with Gasteiger partial charge in [-0.05, 0) is 25.0 Å². The standard InChI is InChI=1S/C10H11FN2O2/c11-8-3-4-9(10(7-8)13(14)15)12-5-1-2-6-12/h3-4,7H,1-2,5-6H2. The number of nitrogens with zero attached hydrogens (tertiary/aromatic N) is 2. The number of nitro benzene ring substituents is 1. The first-order chi connectivity index (χ1) is 7.18. The lowest BCUT2D eigenvalue weighted by molar-refractivity contribution is -0.384. The molecule has 0 aromatic heterocycles. The summed E-state index contributed by atoms with van der Waals surface area (Å²) < 4.78 is 12.9. The van der Waals surface area contributed by atoms with E-state index in [1.54, 1.807) is 0 Å². The van der Waals surface area contributed by atoms with Gasteiger partial charge in [-0.25, -0.2) is 4.39 Å². The van der Waals surface area contributed by atoms with E-state index in [2.05, 4.69) is 0 Å². The monoisotopic (exact) mass is 210 g/mol. The van der Waals surface area contributed by atoms with Crippen molar-refractivity contribution in [2.45, 2.75) is 12.8 Å². The van der Waals surface area contributed by atoms with Crippen LogP contribution in [0.4, 0.5) is 15.8 Å². The van der Waals surface area contributed by atoms with Gasteiger partial charge in [-0.15, -0.1) is 0 Å². The van der Waals surface area contributed by atoms with Crippen LogP contribution in [0.15, 0.2) is 18.2 Å². The van der Waals surface area contributed by atoms with Crippen molar-refractivity contribution in [1.29, 1.82) is 0 Å². The molecule has 1 aromatic carbocycles. The summed E-state index contributed by atoms with van der Waals surface area (Å²) in [4.78, 5) is 12.1. The van der Waals surface area contributed by atoms with Crippen LogP contribution < -0.4 is 4.90 Å². The number of halogens is 1. The van der Waals surface area contributed by atoms with Gasteiger partial charge in [-0.3, -0.25) is 10.1 Å². The van der Waals surface area contributed by atoms with E-state index < -0.39 is 10.7 Å². The van der Waals surface area contributed by atoms with E-state index in [1.807, 2.05) is 4.90 Å². The maximum Gasteiger partial charge on any atom is 0.295 e. The number of anilines is 1. The van der Waals surface area contributed by atoms with E-state index in [0.717, 1.165) is 32.0 Å². The van der Waals surface area contributed by atoms with Gasteiger partial charge in [0.2, 0.25) is 0 Å². The largest absolute Gasteiger partial charge is 0.366 e. The Morgan fingerprint density at radius 2 is 2.00 bits per heavy atom. The maximum atomic E-state index is 12.9. The molecule has 1 aromatic rings. The molecule has 0 unspecified atom stereocenters. The van der Waals surface area contributed by atoms with Crippen LogP contribution in [-0.2, 0) is 0 Å². The number of rotatable bonds is 2. The molecule has 80 valence electrons. The molecule has 0 atom stereocenters. The van der Waals surface area contributed by atoms with Gasteiger partial charge in [0.05, 0.1) is 11.0 Å². The van der Waals surface area contributed by atoms with E-state index in [9.17, 15) is 14.5 Å². The minimum absolute atomic E-state index is 0.142. The number of benzene rings is 1. The molecule has 0 N–H and O–H groups in total. The summed E-state index contributed by atoms with van der Waals surface area (Å²) in [5.41, 5.74) is 0.385. The smallest absolute Gasteiger partial charge is 0.295 e. The Kier molecular flexibility index (Phi) is 2.53. The fourth-order valence-corrected chi connectivity index (χ4v) is 1.87. The number of hydrogen-bond acceptors (Lipinski definition) is 3. The number of hydrogen-bond donors (Lipinski definition) is 0. The Bertz CT molecular complexity index is 389. The van der Waals surface area contributed by atoms with E-state index in [0.29, 0.717) is 5.69 Å². The van der Waals surface area contributed by atoms with Crippen LogP contribution in [0.5, 0.6) is 0 Å². The first kappa shape index (κ1) is 9.89. The zero-order chi connectivity index (χ0) is 10.8. The van der Waals surface area contributed by atoms with Crippen molar-refractivity contribution in [3.8, 4) is 0 Å². The van der Waals surface area contributed by atoms with Crippen LogP contribution >= 0.6 is 0 Å².